The molecule has 2 N–H and O–H groups in total. The highest BCUT2D eigenvalue weighted by Gasteiger charge is 2.39. The van der Waals surface area contributed by atoms with Crippen molar-refractivity contribution < 1.29 is 8.42 Å². The molecule has 114 valence electrons. The van der Waals surface area contributed by atoms with E-state index in [0.29, 0.717) is 13.1 Å². The molecule has 0 aromatic carbocycles. The van der Waals surface area contributed by atoms with Gasteiger partial charge in [-0.3, -0.25) is 5.10 Å². The van der Waals surface area contributed by atoms with Crippen LogP contribution < -0.4 is 5.32 Å². The Kier molecular flexibility index (Phi) is 4.82. The highest BCUT2D eigenvalue weighted by Crippen LogP contribution is 2.32. The van der Waals surface area contributed by atoms with Gasteiger partial charge in [0.2, 0.25) is 0 Å². The van der Waals surface area contributed by atoms with Gasteiger partial charge in [-0.2, -0.15) is 9.40 Å². The lowest BCUT2D eigenvalue weighted by atomic mass is 10.2. The maximum atomic E-state index is 12.7. The predicted octanol–water partition coefficient (Wildman–Crippen LogP) is 1.39. The number of aromatic nitrogens is 2. The normalized spacial score (nSPS) is 16.0. The summed E-state index contributed by atoms with van der Waals surface area (Å²) in [6.45, 7) is 7.73. The van der Waals surface area contributed by atoms with E-state index in [9.17, 15) is 8.42 Å². The summed E-state index contributed by atoms with van der Waals surface area (Å²) in [6, 6.07) is 0.165. The second kappa shape index (κ2) is 6.24. The molecule has 0 saturated heterocycles. The van der Waals surface area contributed by atoms with Gasteiger partial charge in [-0.1, -0.05) is 13.8 Å². The van der Waals surface area contributed by atoms with Gasteiger partial charge in [0.25, 0.3) is 10.0 Å². The third-order valence-corrected chi connectivity index (χ3v) is 5.58. The first-order chi connectivity index (χ1) is 9.52. The van der Waals surface area contributed by atoms with Gasteiger partial charge in [0, 0.05) is 30.4 Å². The van der Waals surface area contributed by atoms with E-state index >= 15 is 0 Å². The van der Waals surface area contributed by atoms with E-state index in [2.05, 4.69) is 22.4 Å². The van der Waals surface area contributed by atoms with E-state index < -0.39 is 10.0 Å². The molecule has 1 fully saturated rings. The summed E-state index contributed by atoms with van der Waals surface area (Å²) in [5.74, 6) is 0. The van der Waals surface area contributed by atoms with Crippen molar-refractivity contribution in [3.63, 3.8) is 0 Å². The summed E-state index contributed by atoms with van der Waals surface area (Å²) >= 11 is 0. The molecule has 1 aliphatic carbocycles. The third kappa shape index (κ3) is 3.05. The minimum Gasteiger partial charge on any atom is -0.313 e. The molecule has 7 heteroatoms. The molecule has 1 heterocycles. The van der Waals surface area contributed by atoms with Crippen LogP contribution in [-0.2, 0) is 16.6 Å². The average molecular weight is 300 g/mol. The van der Waals surface area contributed by atoms with Gasteiger partial charge >= 0.3 is 0 Å². The van der Waals surface area contributed by atoms with E-state index in [0.717, 1.165) is 37.1 Å². The van der Waals surface area contributed by atoms with Crippen LogP contribution >= 0.6 is 0 Å². The van der Waals surface area contributed by atoms with Crippen molar-refractivity contribution in [1.29, 1.82) is 0 Å². The van der Waals surface area contributed by atoms with Gasteiger partial charge in [-0.05, 0) is 32.7 Å². The van der Waals surface area contributed by atoms with Crippen molar-refractivity contribution >= 4 is 10.0 Å². The second-order valence-corrected chi connectivity index (χ2v) is 7.05. The average Bonchev–Trinajstić information content (AvgIpc) is 3.15. The van der Waals surface area contributed by atoms with Gasteiger partial charge in [0.05, 0.1) is 0 Å². The van der Waals surface area contributed by atoms with E-state index in [-0.39, 0.29) is 11.1 Å². The molecule has 1 aromatic heterocycles. The molecular weight excluding hydrogens is 276 g/mol. The predicted molar refractivity (Wildman–Crippen MR) is 77.9 cm³/mol. The number of aryl methyl sites for hydroxylation is 1. The Labute approximate surface area is 121 Å². The first-order valence-electron chi connectivity index (χ1n) is 7.28. The molecule has 0 amide bonds. The monoisotopic (exact) mass is 300 g/mol. The van der Waals surface area contributed by atoms with Crippen molar-refractivity contribution in [3.8, 4) is 0 Å². The first-order valence-corrected chi connectivity index (χ1v) is 8.72. The molecule has 0 radical (unpaired) electrons. The summed E-state index contributed by atoms with van der Waals surface area (Å²) in [7, 11) is -3.48. The number of aromatic amines is 1. The maximum Gasteiger partial charge on any atom is 0.262 e. The van der Waals surface area contributed by atoms with Crippen LogP contribution in [0.15, 0.2) is 5.03 Å². The lowest BCUT2D eigenvalue weighted by Crippen LogP contribution is -2.34. The SMILES string of the molecule is CCCNCc1c(S(=O)(=O)N(CC)C2CC2)n[nH]c1C. The van der Waals surface area contributed by atoms with Crippen molar-refractivity contribution in [3.05, 3.63) is 11.3 Å². The molecule has 1 aliphatic rings. The van der Waals surface area contributed by atoms with Gasteiger partial charge < -0.3 is 5.32 Å². The Morgan fingerprint density at radius 3 is 2.65 bits per heavy atom. The van der Waals surface area contributed by atoms with Crippen LogP contribution in [0, 0.1) is 6.92 Å². The molecule has 0 spiro atoms. The van der Waals surface area contributed by atoms with Crippen LogP contribution in [-0.4, -0.2) is 42.1 Å². The number of hydrogen-bond acceptors (Lipinski definition) is 4. The Morgan fingerprint density at radius 2 is 2.10 bits per heavy atom. The molecular formula is C13H24N4O2S. The Hall–Kier alpha value is -0.920. The summed E-state index contributed by atoms with van der Waals surface area (Å²) < 4.78 is 27.0. The highest BCUT2D eigenvalue weighted by atomic mass is 32.2. The molecule has 1 saturated carbocycles. The zero-order valence-corrected chi connectivity index (χ0v) is 13.3. The lowest BCUT2D eigenvalue weighted by molar-refractivity contribution is 0.418. The van der Waals surface area contributed by atoms with Crippen molar-refractivity contribution in [1.82, 2.24) is 19.8 Å². The summed E-state index contributed by atoms with van der Waals surface area (Å²) in [4.78, 5) is 0. The summed E-state index contributed by atoms with van der Waals surface area (Å²) in [6.07, 6.45) is 2.93. The largest absolute Gasteiger partial charge is 0.313 e. The molecule has 2 rings (SSSR count). The number of sulfonamides is 1. The molecule has 0 aliphatic heterocycles. The fourth-order valence-electron chi connectivity index (χ4n) is 2.34. The van der Waals surface area contributed by atoms with Crippen LogP contribution in [0.5, 0.6) is 0 Å². The second-order valence-electron chi connectivity index (χ2n) is 5.25. The smallest absolute Gasteiger partial charge is 0.262 e. The van der Waals surface area contributed by atoms with Crippen molar-refractivity contribution in [2.45, 2.75) is 57.6 Å². The lowest BCUT2D eigenvalue weighted by Gasteiger charge is -2.19. The van der Waals surface area contributed by atoms with Gasteiger partial charge in [-0.25, -0.2) is 8.42 Å². The van der Waals surface area contributed by atoms with Gasteiger partial charge in [0.15, 0.2) is 5.03 Å². The Balaban J connectivity index is 2.26. The molecule has 6 nitrogen and oxygen atoms in total. The van der Waals surface area contributed by atoms with Crippen molar-refractivity contribution in [2.75, 3.05) is 13.1 Å². The molecule has 1 aromatic rings. The minimum atomic E-state index is -3.48. The fourth-order valence-corrected chi connectivity index (χ4v) is 4.20. The van der Waals surface area contributed by atoms with Gasteiger partial charge in [0.1, 0.15) is 0 Å². The van der Waals surface area contributed by atoms with Crippen LogP contribution in [0.4, 0.5) is 0 Å². The molecule has 0 unspecified atom stereocenters. The highest BCUT2D eigenvalue weighted by molar-refractivity contribution is 7.89. The molecule has 0 bridgehead atoms. The maximum absolute atomic E-state index is 12.7. The number of rotatable bonds is 8. The summed E-state index contributed by atoms with van der Waals surface area (Å²) in [5, 5.41) is 10.3. The van der Waals surface area contributed by atoms with Gasteiger partial charge in [-0.15, -0.1) is 0 Å². The zero-order chi connectivity index (χ0) is 14.8. The first kappa shape index (κ1) is 15.5. The van der Waals surface area contributed by atoms with E-state index in [1.165, 1.54) is 0 Å². The Bertz CT molecular complexity index is 549. The summed E-state index contributed by atoms with van der Waals surface area (Å²) in [5.41, 5.74) is 1.58. The van der Waals surface area contributed by atoms with E-state index in [1.807, 2.05) is 13.8 Å². The van der Waals surface area contributed by atoms with E-state index in [4.69, 9.17) is 0 Å². The molecule has 0 atom stereocenters. The Morgan fingerprint density at radius 1 is 1.40 bits per heavy atom. The quantitative estimate of drug-likeness (QED) is 0.711. The topological polar surface area (TPSA) is 78.1 Å². The number of nitrogens with zero attached hydrogens (tertiary/aromatic N) is 2. The van der Waals surface area contributed by atoms with E-state index in [1.54, 1.807) is 4.31 Å². The number of H-pyrrole nitrogens is 1. The van der Waals surface area contributed by atoms with Crippen molar-refractivity contribution in [2.24, 2.45) is 0 Å². The number of hydrogen-bond donors (Lipinski definition) is 2. The fraction of sp³-hybridized carbons (Fsp3) is 0.769. The standard InChI is InChI=1S/C13H24N4O2S/c1-4-8-14-9-12-10(3)15-16-13(12)20(18,19)17(5-2)11-6-7-11/h11,14H,4-9H2,1-3H3,(H,15,16). The van der Waals surface area contributed by atoms with Crippen LogP contribution in [0.25, 0.3) is 0 Å². The minimum absolute atomic E-state index is 0.165. The number of nitrogens with one attached hydrogen (secondary N) is 2. The molecule has 20 heavy (non-hydrogen) atoms. The van der Waals surface area contributed by atoms with Crippen LogP contribution in [0.2, 0.25) is 0 Å². The zero-order valence-electron chi connectivity index (χ0n) is 12.4. The third-order valence-electron chi connectivity index (χ3n) is 3.58. The van der Waals surface area contributed by atoms with Crippen LogP contribution in [0.1, 0.15) is 44.4 Å². The van der Waals surface area contributed by atoms with Crippen LogP contribution in [0.3, 0.4) is 0 Å².